The van der Waals surface area contributed by atoms with Crippen LogP contribution >= 0.6 is 24.8 Å². The first-order valence-electron chi connectivity index (χ1n) is 7.93. The smallest absolute Gasteiger partial charge is 0.119 e. The number of H-pyrrole nitrogens is 1. The molecule has 2 N–H and O–H groups in total. The zero-order valence-electron chi connectivity index (χ0n) is 13.8. The molecule has 3 rings (SSSR count). The number of aromatic nitrogens is 1. The van der Waals surface area contributed by atoms with Crippen molar-refractivity contribution in [2.24, 2.45) is 0 Å². The Hall–Kier alpha value is -0.940. The van der Waals surface area contributed by atoms with Crippen LogP contribution in [-0.2, 0) is 0 Å². The summed E-state index contributed by atoms with van der Waals surface area (Å²) in [5, 5.41) is 4.74. The van der Waals surface area contributed by atoms with E-state index in [4.69, 9.17) is 4.74 Å². The molecule has 0 spiro atoms. The van der Waals surface area contributed by atoms with Crippen LogP contribution < -0.4 is 10.1 Å². The number of piperazine rings is 1. The lowest BCUT2D eigenvalue weighted by molar-refractivity contribution is 0.165. The number of rotatable bonds is 5. The number of methoxy groups -OCH3 is 1. The maximum Gasteiger partial charge on any atom is 0.119 e. The van der Waals surface area contributed by atoms with E-state index in [1.165, 1.54) is 29.3 Å². The Morgan fingerprint density at radius 2 is 1.96 bits per heavy atom. The second kappa shape index (κ2) is 9.38. The number of hydrogen-bond donors (Lipinski definition) is 2. The fourth-order valence-corrected chi connectivity index (χ4v) is 3.33. The number of nitrogens with zero attached hydrogens (tertiary/aromatic N) is 1. The number of hydrogen-bond acceptors (Lipinski definition) is 3. The second-order valence-corrected chi connectivity index (χ2v) is 5.75. The molecule has 2 heterocycles. The third-order valence-corrected chi connectivity index (χ3v) is 4.43. The van der Waals surface area contributed by atoms with E-state index in [0.29, 0.717) is 6.04 Å². The summed E-state index contributed by atoms with van der Waals surface area (Å²) in [6.45, 7) is 6.70. The van der Waals surface area contributed by atoms with Gasteiger partial charge in [0.2, 0.25) is 0 Å². The van der Waals surface area contributed by atoms with E-state index >= 15 is 0 Å². The van der Waals surface area contributed by atoms with Crippen molar-refractivity contribution >= 4 is 35.7 Å². The summed E-state index contributed by atoms with van der Waals surface area (Å²) >= 11 is 0. The van der Waals surface area contributed by atoms with Crippen LogP contribution in [0.3, 0.4) is 0 Å². The molecule has 6 heteroatoms. The summed E-state index contributed by atoms with van der Waals surface area (Å²) in [6, 6.07) is 6.78. The van der Waals surface area contributed by atoms with Crippen molar-refractivity contribution in [3.63, 3.8) is 0 Å². The minimum absolute atomic E-state index is 0. The molecule has 1 aliphatic rings. The zero-order valence-corrected chi connectivity index (χ0v) is 15.4. The molecule has 1 fully saturated rings. The molecule has 0 bridgehead atoms. The lowest BCUT2D eigenvalue weighted by Crippen LogP contribution is -2.45. The Morgan fingerprint density at radius 1 is 1.22 bits per heavy atom. The second-order valence-electron chi connectivity index (χ2n) is 5.75. The Kier molecular flexibility index (Phi) is 8.20. The van der Waals surface area contributed by atoms with E-state index < -0.39 is 0 Å². The summed E-state index contributed by atoms with van der Waals surface area (Å²) in [5.41, 5.74) is 2.61. The predicted molar refractivity (Wildman–Crippen MR) is 101 cm³/mol. The predicted octanol–water partition coefficient (Wildman–Crippen LogP) is 3.77. The van der Waals surface area contributed by atoms with Crippen LogP contribution in [0.15, 0.2) is 24.4 Å². The van der Waals surface area contributed by atoms with Gasteiger partial charge in [-0.2, -0.15) is 0 Å². The summed E-state index contributed by atoms with van der Waals surface area (Å²) < 4.78 is 5.39. The summed E-state index contributed by atoms with van der Waals surface area (Å²) in [6.07, 6.45) is 4.59. The standard InChI is InChI=1S/C17H25N3O.2ClH/c1-3-4-17(20-9-7-18-8-10-20)15-12-19-16-6-5-13(21-2)11-14(15)16;;/h5-6,11-12,17-19H,3-4,7-10H2,1-2H3;2*1H/t17-;;/m1../s1. The molecule has 0 radical (unpaired) electrons. The zero-order chi connectivity index (χ0) is 14.7. The van der Waals surface area contributed by atoms with Gasteiger partial charge >= 0.3 is 0 Å². The molecule has 4 nitrogen and oxygen atoms in total. The summed E-state index contributed by atoms with van der Waals surface area (Å²) in [4.78, 5) is 6.03. The molecular weight excluding hydrogens is 333 g/mol. The third kappa shape index (κ3) is 4.32. The maximum absolute atomic E-state index is 5.39. The van der Waals surface area contributed by atoms with Crippen LogP contribution in [0, 0.1) is 0 Å². The Bertz CT molecular complexity index is 597. The van der Waals surface area contributed by atoms with E-state index in [1.54, 1.807) is 7.11 Å². The number of aromatic amines is 1. The molecular formula is C17H27Cl2N3O. The topological polar surface area (TPSA) is 40.3 Å². The van der Waals surface area contributed by atoms with Crippen molar-refractivity contribution < 1.29 is 4.74 Å². The van der Waals surface area contributed by atoms with Crippen molar-refractivity contribution in [2.45, 2.75) is 25.8 Å². The monoisotopic (exact) mass is 359 g/mol. The van der Waals surface area contributed by atoms with Gasteiger partial charge in [0.05, 0.1) is 7.11 Å². The van der Waals surface area contributed by atoms with Gasteiger partial charge in [0, 0.05) is 49.3 Å². The minimum atomic E-state index is 0. The van der Waals surface area contributed by atoms with Crippen LogP contribution in [0.4, 0.5) is 0 Å². The highest BCUT2D eigenvalue weighted by Crippen LogP contribution is 2.33. The van der Waals surface area contributed by atoms with Crippen LogP contribution in [0.25, 0.3) is 10.9 Å². The normalized spacial score (nSPS) is 16.4. The Morgan fingerprint density at radius 3 is 2.61 bits per heavy atom. The van der Waals surface area contributed by atoms with Crippen LogP contribution in [0.2, 0.25) is 0 Å². The van der Waals surface area contributed by atoms with Gasteiger partial charge in [0.15, 0.2) is 0 Å². The molecule has 0 unspecified atom stereocenters. The SMILES string of the molecule is CCC[C@H](c1c[nH]c2ccc(OC)cc12)N1CCNCC1.Cl.Cl. The molecule has 0 amide bonds. The minimum Gasteiger partial charge on any atom is -0.497 e. The summed E-state index contributed by atoms with van der Waals surface area (Å²) in [5.74, 6) is 0.930. The Balaban J connectivity index is 0.00000132. The number of fused-ring (bicyclic) bond motifs is 1. The van der Waals surface area contributed by atoms with E-state index in [1.807, 2.05) is 6.07 Å². The molecule has 1 saturated heterocycles. The molecule has 23 heavy (non-hydrogen) atoms. The highest BCUT2D eigenvalue weighted by atomic mass is 35.5. The molecule has 1 aliphatic heterocycles. The van der Waals surface area contributed by atoms with E-state index in [0.717, 1.165) is 31.9 Å². The fraction of sp³-hybridized carbons (Fsp3) is 0.529. The first-order valence-corrected chi connectivity index (χ1v) is 7.93. The highest BCUT2D eigenvalue weighted by molar-refractivity contribution is 5.86. The first kappa shape index (κ1) is 20.1. The van der Waals surface area contributed by atoms with Crippen molar-refractivity contribution in [2.75, 3.05) is 33.3 Å². The van der Waals surface area contributed by atoms with Gasteiger partial charge in [0.1, 0.15) is 5.75 Å². The van der Waals surface area contributed by atoms with Gasteiger partial charge in [-0.1, -0.05) is 13.3 Å². The third-order valence-electron chi connectivity index (χ3n) is 4.43. The quantitative estimate of drug-likeness (QED) is 0.853. The number of ether oxygens (including phenoxy) is 1. The molecule has 1 atom stereocenters. The average molecular weight is 360 g/mol. The lowest BCUT2D eigenvalue weighted by Gasteiger charge is -2.35. The lowest BCUT2D eigenvalue weighted by atomic mass is 9.99. The fourth-order valence-electron chi connectivity index (χ4n) is 3.33. The van der Waals surface area contributed by atoms with Crippen LogP contribution in [-0.4, -0.2) is 43.2 Å². The van der Waals surface area contributed by atoms with Gasteiger partial charge in [-0.3, -0.25) is 4.90 Å². The number of halogens is 2. The van der Waals surface area contributed by atoms with Gasteiger partial charge in [0.25, 0.3) is 0 Å². The molecule has 130 valence electrons. The van der Waals surface area contributed by atoms with Crippen molar-refractivity contribution in [1.82, 2.24) is 15.2 Å². The van der Waals surface area contributed by atoms with E-state index in [9.17, 15) is 0 Å². The Labute approximate surface area is 150 Å². The number of benzene rings is 1. The summed E-state index contributed by atoms with van der Waals surface area (Å²) in [7, 11) is 1.73. The van der Waals surface area contributed by atoms with Crippen LogP contribution in [0.5, 0.6) is 5.75 Å². The van der Waals surface area contributed by atoms with Crippen LogP contribution in [0.1, 0.15) is 31.4 Å². The molecule has 0 aliphatic carbocycles. The van der Waals surface area contributed by atoms with Crippen molar-refractivity contribution in [1.29, 1.82) is 0 Å². The molecule has 2 aromatic rings. The number of nitrogens with one attached hydrogen (secondary N) is 2. The van der Waals surface area contributed by atoms with Crippen molar-refractivity contribution in [3.8, 4) is 5.75 Å². The van der Waals surface area contributed by atoms with Gasteiger partial charge in [-0.05, 0) is 30.2 Å². The van der Waals surface area contributed by atoms with Crippen molar-refractivity contribution in [3.05, 3.63) is 30.0 Å². The maximum atomic E-state index is 5.39. The van der Waals surface area contributed by atoms with E-state index in [-0.39, 0.29) is 24.8 Å². The average Bonchev–Trinajstić information content (AvgIpc) is 2.96. The first-order chi connectivity index (χ1) is 10.3. The molecule has 1 aromatic heterocycles. The van der Waals surface area contributed by atoms with Gasteiger partial charge in [-0.15, -0.1) is 24.8 Å². The highest BCUT2D eigenvalue weighted by Gasteiger charge is 2.23. The van der Waals surface area contributed by atoms with Gasteiger partial charge < -0.3 is 15.0 Å². The van der Waals surface area contributed by atoms with Gasteiger partial charge in [-0.25, -0.2) is 0 Å². The largest absolute Gasteiger partial charge is 0.497 e. The molecule has 0 saturated carbocycles. The van der Waals surface area contributed by atoms with E-state index in [2.05, 4.69) is 40.5 Å². The molecule has 1 aromatic carbocycles.